The van der Waals surface area contributed by atoms with E-state index in [1.54, 1.807) is 0 Å². The Morgan fingerprint density at radius 1 is 1.29 bits per heavy atom. The number of fused-ring (bicyclic) bond motifs is 3. The van der Waals surface area contributed by atoms with Gasteiger partial charge in [-0.15, -0.1) is 11.6 Å². The third kappa shape index (κ3) is 2.21. The number of thioether (sulfide) groups is 1. The molecule has 0 bridgehead atoms. The van der Waals surface area contributed by atoms with Crippen LogP contribution in [0.1, 0.15) is 24.7 Å². The van der Waals surface area contributed by atoms with Crippen LogP contribution in [0.5, 0.6) is 0 Å². The molecule has 5 heteroatoms. The Morgan fingerprint density at radius 2 is 2.19 bits per heavy atom. The van der Waals surface area contributed by atoms with E-state index >= 15 is 0 Å². The SMILES string of the molecule is ClCc1nc2cnc3ccccc3c2n1C1CCCSC1. The molecule has 4 rings (SSSR count). The van der Waals surface area contributed by atoms with E-state index in [1.165, 1.54) is 29.5 Å². The summed E-state index contributed by atoms with van der Waals surface area (Å²) in [6, 6.07) is 8.78. The van der Waals surface area contributed by atoms with Crippen LogP contribution in [0.4, 0.5) is 0 Å². The largest absolute Gasteiger partial charge is 0.322 e. The maximum atomic E-state index is 6.16. The van der Waals surface area contributed by atoms with Gasteiger partial charge in [-0.05, 0) is 24.7 Å². The summed E-state index contributed by atoms with van der Waals surface area (Å²) in [4.78, 5) is 9.23. The van der Waals surface area contributed by atoms with Gasteiger partial charge in [0.2, 0.25) is 0 Å². The first kappa shape index (κ1) is 13.4. The predicted molar refractivity (Wildman–Crippen MR) is 90.2 cm³/mol. The second-order valence-corrected chi connectivity index (χ2v) is 6.83. The molecule has 0 spiro atoms. The van der Waals surface area contributed by atoms with E-state index in [4.69, 9.17) is 16.6 Å². The van der Waals surface area contributed by atoms with Crippen LogP contribution in [0.3, 0.4) is 0 Å². The Kier molecular flexibility index (Phi) is 3.51. The molecule has 2 aromatic heterocycles. The summed E-state index contributed by atoms with van der Waals surface area (Å²) >= 11 is 8.19. The Morgan fingerprint density at radius 3 is 3.00 bits per heavy atom. The molecule has 1 unspecified atom stereocenters. The number of nitrogens with zero attached hydrogens (tertiary/aromatic N) is 3. The molecule has 1 saturated heterocycles. The molecule has 108 valence electrons. The zero-order chi connectivity index (χ0) is 14.2. The van der Waals surface area contributed by atoms with E-state index in [1.807, 2.05) is 24.0 Å². The molecule has 3 aromatic rings. The third-order valence-electron chi connectivity index (χ3n) is 4.12. The molecule has 0 saturated carbocycles. The van der Waals surface area contributed by atoms with Crippen molar-refractivity contribution < 1.29 is 0 Å². The maximum absolute atomic E-state index is 6.16. The fraction of sp³-hybridized carbons (Fsp3) is 0.375. The van der Waals surface area contributed by atoms with Gasteiger partial charge in [-0.25, -0.2) is 4.98 Å². The molecule has 3 nitrogen and oxygen atoms in total. The number of pyridine rings is 1. The van der Waals surface area contributed by atoms with Gasteiger partial charge in [-0.1, -0.05) is 18.2 Å². The average Bonchev–Trinajstić information content (AvgIpc) is 2.94. The minimum absolute atomic E-state index is 0.449. The highest BCUT2D eigenvalue weighted by molar-refractivity contribution is 7.99. The summed E-state index contributed by atoms with van der Waals surface area (Å²) in [5.41, 5.74) is 3.18. The van der Waals surface area contributed by atoms with Crippen molar-refractivity contribution in [1.29, 1.82) is 0 Å². The van der Waals surface area contributed by atoms with E-state index in [9.17, 15) is 0 Å². The molecule has 1 atom stereocenters. The number of benzene rings is 1. The molecule has 3 heterocycles. The average molecular weight is 318 g/mol. The third-order valence-corrected chi connectivity index (χ3v) is 5.55. The highest BCUT2D eigenvalue weighted by Crippen LogP contribution is 2.34. The Hall–Kier alpha value is -1.26. The number of alkyl halides is 1. The van der Waals surface area contributed by atoms with Gasteiger partial charge >= 0.3 is 0 Å². The standard InChI is InChI=1S/C16H16ClN3S/c17-8-15-19-14-9-18-13-6-2-1-5-12(13)16(14)20(15)11-4-3-7-21-10-11/h1-2,5-6,9,11H,3-4,7-8,10H2. The molecule has 0 amide bonds. The van der Waals surface area contributed by atoms with Crippen LogP contribution in [0.15, 0.2) is 30.5 Å². The Bertz CT molecular complexity index is 793. The first-order valence-electron chi connectivity index (χ1n) is 7.27. The van der Waals surface area contributed by atoms with E-state index in [2.05, 4.69) is 27.8 Å². The van der Waals surface area contributed by atoms with Gasteiger partial charge in [-0.3, -0.25) is 4.98 Å². The predicted octanol–water partition coefficient (Wildman–Crippen LogP) is 4.39. The van der Waals surface area contributed by atoms with Crippen LogP contribution in [0.25, 0.3) is 21.9 Å². The van der Waals surface area contributed by atoms with Gasteiger partial charge in [0.15, 0.2) is 0 Å². The zero-order valence-corrected chi connectivity index (χ0v) is 13.2. The molecule has 1 aliphatic heterocycles. The summed E-state index contributed by atoms with van der Waals surface area (Å²) in [6.45, 7) is 0. The van der Waals surface area contributed by atoms with Crippen molar-refractivity contribution in [2.45, 2.75) is 24.8 Å². The molecular weight excluding hydrogens is 302 g/mol. The lowest BCUT2D eigenvalue weighted by molar-refractivity contribution is 0.500. The fourth-order valence-corrected chi connectivity index (χ4v) is 4.50. The summed E-state index contributed by atoms with van der Waals surface area (Å²) < 4.78 is 2.37. The zero-order valence-electron chi connectivity index (χ0n) is 11.6. The van der Waals surface area contributed by atoms with E-state index < -0.39 is 0 Å². The molecule has 1 aliphatic rings. The Balaban J connectivity index is 2.03. The number of halogens is 1. The normalized spacial score (nSPS) is 19.4. The van der Waals surface area contributed by atoms with Crippen molar-refractivity contribution in [3.8, 4) is 0 Å². The molecule has 0 aliphatic carbocycles. The summed E-state index contributed by atoms with van der Waals surface area (Å²) in [7, 11) is 0. The van der Waals surface area contributed by atoms with Crippen molar-refractivity contribution >= 4 is 45.3 Å². The number of hydrogen-bond acceptors (Lipinski definition) is 3. The van der Waals surface area contributed by atoms with Gasteiger partial charge in [0.25, 0.3) is 0 Å². The van der Waals surface area contributed by atoms with Crippen molar-refractivity contribution in [3.63, 3.8) is 0 Å². The van der Waals surface area contributed by atoms with Crippen molar-refractivity contribution in [2.75, 3.05) is 11.5 Å². The monoisotopic (exact) mass is 317 g/mol. The molecule has 1 fully saturated rings. The number of aromatic nitrogens is 3. The summed E-state index contributed by atoms with van der Waals surface area (Å²) in [5.74, 6) is 3.83. The number of imidazole rings is 1. The van der Waals surface area contributed by atoms with Crippen LogP contribution >= 0.6 is 23.4 Å². The highest BCUT2D eigenvalue weighted by atomic mass is 35.5. The van der Waals surface area contributed by atoms with Crippen molar-refractivity contribution in [2.24, 2.45) is 0 Å². The second kappa shape index (κ2) is 5.50. The number of rotatable bonds is 2. The number of para-hydroxylation sites is 1. The van der Waals surface area contributed by atoms with Crippen LogP contribution in [0, 0.1) is 0 Å². The summed E-state index contributed by atoms with van der Waals surface area (Å²) in [6.07, 6.45) is 4.35. The molecular formula is C16H16ClN3S. The topological polar surface area (TPSA) is 30.7 Å². The minimum Gasteiger partial charge on any atom is -0.322 e. The van der Waals surface area contributed by atoms with Gasteiger partial charge in [-0.2, -0.15) is 11.8 Å². The van der Waals surface area contributed by atoms with Crippen LogP contribution in [0.2, 0.25) is 0 Å². The first-order chi connectivity index (χ1) is 10.4. The molecule has 0 radical (unpaired) electrons. The Labute approximate surface area is 132 Å². The van der Waals surface area contributed by atoms with Crippen LogP contribution in [-0.4, -0.2) is 26.0 Å². The molecule has 1 aromatic carbocycles. The summed E-state index contributed by atoms with van der Waals surface area (Å²) in [5, 5.41) is 1.18. The number of hydrogen-bond donors (Lipinski definition) is 0. The lowest BCUT2D eigenvalue weighted by Crippen LogP contribution is -2.18. The van der Waals surface area contributed by atoms with Crippen molar-refractivity contribution in [3.05, 3.63) is 36.3 Å². The quantitative estimate of drug-likeness (QED) is 0.657. The van der Waals surface area contributed by atoms with Gasteiger partial charge < -0.3 is 4.57 Å². The lowest BCUT2D eigenvalue weighted by atomic mass is 10.1. The minimum atomic E-state index is 0.449. The smallest absolute Gasteiger partial charge is 0.125 e. The molecule has 0 N–H and O–H groups in total. The highest BCUT2D eigenvalue weighted by Gasteiger charge is 2.22. The van der Waals surface area contributed by atoms with Crippen molar-refractivity contribution in [1.82, 2.24) is 14.5 Å². The van der Waals surface area contributed by atoms with E-state index in [0.717, 1.165) is 22.6 Å². The van der Waals surface area contributed by atoms with E-state index in [0.29, 0.717) is 11.9 Å². The lowest BCUT2D eigenvalue weighted by Gasteiger charge is -2.25. The van der Waals surface area contributed by atoms with Gasteiger partial charge in [0, 0.05) is 17.2 Å². The van der Waals surface area contributed by atoms with Crippen LogP contribution in [-0.2, 0) is 5.88 Å². The van der Waals surface area contributed by atoms with Gasteiger partial charge in [0.05, 0.1) is 23.1 Å². The second-order valence-electron chi connectivity index (χ2n) is 5.41. The first-order valence-corrected chi connectivity index (χ1v) is 8.95. The van der Waals surface area contributed by atoms with Crippen LogP contribution < -0.4 is 0 Å². The maximum Gasteiger partial charge on any atom is 0.125 e. The van der Waals surface area contributed by atoms with Gasteiger partial charge in [0.1, 0.15) is 11.3 Å². The fourth-order valence-electron chi connectivity index (χ4n) is 3.19. The molecule has 21 heavy (non-hydrogen) atoms. The van der Waals surface area contributed by atoms with E-state index in [-0.39, 0.29) is 0 Å².